The molecule has 1 saturated carbocycles. The second-order valence-electron chi connectivity index (χ2n) is 5.09. The molecule has 0 N–H and O–H groups in total. The van der Waals surface area contributed by atoms with Crippen LogP contribution in [0.15, 0.2) is 0 Å². The molecule has 1 aliphatic carbocycles. The Hall–Kier alpha value is -0.670. The van der Waals surface area contributed by atoms with Crippen molar-refractivity contribution in [3.63, 3.8) is 0 Å². The lowest BCUT2D eigenvalue weighted by Crippen LogP contribution is -2.36. The Kier molecular flexibility index (Phi) is 4.69. The van der Waals surface area contributed by atoms with E-state index in [0.29, 0.717) is 12.5 Å². The SMILES string of the molecule is CC(C)CCCOC(=O)CC1CC(F)(F)C1. The highest BCUT2D eigenvalue weighted by molar-refractivity contribution is 5.69. The van der Waals surface area contributed by atoms with Gasteiger partial charge in [0.25, 0.3) is 0 Å². The standard InChI is InChI=1S/C12H20F2O2/c1-9(2)4-3-5-16-11(15)6-10-7-12(13,14)8-10/h9-10H,3-8H2,1-2H3. The molecule has 94 valence electrons. The van der Waals surface area contributed by atoms with Gasteiger partial charge >= 0.3 is 5.97 Å². The second kappa shape index (κ2) is 5.60. The van der Waals surface area contributed by atoms with Gasteiger partial charge in [0.05, 0.1) is 6.61 Å². The molecule has 2 nitrogen and oxygen atoms in total. The molecule has 0 aromatic rings. The molecule has 16 heavy (non-hydrogen) atoms. The van der Waals surface area contributed by atoms with E-state index >= 15 is 0 Å². The molecule has 4 heteroatoms. The minimum Gasteiger partial charge on any atom is -0.466 e. The molecule has 0 radical (unpaired) electrons. The van der Waals surface area contributed by atoms with Crippen molar-refractivity contribution in [3.05, 3.63) is 0 Å². The minimum atomic E-state index is -2.54. The van der Waals surface area contributed by atoms with Crippen molar-refractivity contribution < 1.29 is 18.3 Å². The Morgan fingerprint density at radius 2 is 2.06 bits per heavy atom. The van der Waals surface area contributed by atoms with Crippen LogP contribution in [0, 0.1) is 11.8 Å². The van der Waals surface area contributed by atoms with Crippen LogP contribution in [0.3, 0.4) is 0 Å². The van der Waals surface area contributed by atoms with E-state index < -0.39 is 5.92 Å². The first-order valence-electron chi connectivity index (χ1n) is 5.92. The van der Waals surface area contributed by atoms with E-state index in [-0.39, 0.29) is 31.1 Å². The quantitative estimate of drug-likeness (QED) is 0.520. The first-order valence-corrected chi connectivity index (χ1v) is 5.92. The molecule has 0 unspecified atom stereocenters. The Morgan fingerprint density at radius 3 is 2.56 bits per heavy atom. The van der Waals surface area contributed by atoms with Gasteiger partial charge in [0, 0.05) is 19.3 Å². The Bertz CT molecular complexity index is 231. The lowest BCUT2D eigenvalue weighted by Gasteiger charge is -2.34. The number of carbonyl (C=O) groups excluding carboxylic acids is 1. The number of ether oxygens (including phenoxy) is 1. The third kappa shape index (κ3) is 4.90. The van der Waals surface area contributed by atoms with Crippen LogP contribution in [0.25, 0.3) is 0 Å². The van der Waals surface area contributed by atoms with Crippen LogP contribution in [0.5, 0.6) is 0 Å². The number of alkyl halides is 2. The maximum Gasteiger partial charge on any atom is 0.306 e. The van der Waals surface area contributed by atoms with E-state index in [1.807, 2.05) is 0 Å². The van der Waals surface area contributed by atoms with Crippen LogP contribution in [0.1, 0.15) is 46.0 Å². The van der Waals surface area contributed by atoms with E-state index in [1.165, 1.54) is 0 Å². The van der Waals surface area contributed by atoms with Gasteiger partial charge in [-0.05, 0) is 24.7 Å². The summed E-state index contributed by atoms with van der Waals surface area (Å²) in [4.78, 5) is 11.2. The summed E-state index contributed by atoms with van der Waals surface area (Å²) in [5, 5.41) is 0. The highest BCUT2D eigenvalue weighted by atomic mass is 19.3. The summed E-state index contributed by atoms with van der Waals surface area (Å²) in [7, 11) is 0. The lowest BCUT2D eigenvalue weighted by molar-refractivity contribution is -0.153. The molecule has 0 heterocycles. The number of esters is 1. The van der Waals surface area contributed by atoms with E-state index in [0.717, 1.165) is 12.8 Å². The largest absolute Gasteiger partial charge is 0.466 e. The van der Waals surface area contributed by atoms with E-state index in [2.05, 4.69) is 13.8 Å². The van der Waals surface area contributed by atoms with Crippen molar-refractivity contribution in [2.45, 2.75) is 51.9 Å². The molecule has 1 aliphatic rings. The fraction of sp³-hybridized carbons (Fsp3) is 0.917. The normalized spacial score (nSPS) is 19.6. The van der Waals surface area contributed by atoms with Crippen molar-refractivity contribution in [2.24, 2.45) is 11.8 Å². The van der Waals surface area contributed by atoms with Gasteiger partial charge in [-0.1, -0.05) is 13.8 Å². The van der Waals surface area contributed by atoms with Crippen LogP contribution in [0.2, 0.25) is 0 Å². The van der Waals surface area contributed by atoms with Gasteiger partial charge in [0.15, 0.2) is 0 Å². The highest BCUT2D eigenvalue weighted by Gasteiger charge is 2.45. The van der Waals surface area contributed by atoms with Gasteiger partial charge in [-0.2, -0.15) is 0 Å². The third-order valence-corrected chi connectivity index (χ3v) is 2.82. The monoisotopic (exact) mass is 234 g/mol. The van der Waals surface area contributed by atoms with Crippen LogP contribution in [0.4, 0.5) is 8.78 Å². The fourth-order valence-electron chi connectivity index (χ4n) is 1.90. The predicted molar refractivity (Wildman–Crippen MR) is 57.3 cm³/mol. The first kappa shape index (κ1) is 13.4. The summed E-state index contributed by atoms with van der Waals surface area (Å²) in [5.41, 5.74) is 0. The van der Waals surface area contributed by atoms with E-state index in [9.17, 15) is 13.6 Å². The smallest absolute Gasteiger partial charge is 0.306 e. The number of hydrogen-bond acceptors (Lipinski definition) is 2. The summed E-state index contributed by atoms with van der Waals surface area (Å²) < 4.78 is 29.9. The van der Waals surface area contributed by atoms with Gasteiger partial charge in [-0.15, -0.1) is 0 Å². The molecular weight excluding hydrogens is 214 g/mol. The molecule has 0 bridgehead atoms. The van der Waals surface area contributed by atoms with Crippen molar-refractivity contribution in [1.29, 1.82) is 0 Å². The summed E-state index contributed by atoms with van der Waals surface area (Å²) in [6.07, 6.45) is 1.71. The van der Waals surface area contributed by atoms with Gasteiger partial charge in [0.2, 0.25) is 5.92 Å². The fourth-order valence-corrected chi connectivity index (χ4v) is 1.90. The zero-order valence-corrected chi connectivity index (χ0v) is 9.97. The van der Waals surface area contributed by atoms with Gasteiger partial charge in [-0.25, -0.2) is 8.78 Å². The van der Waals surface area contributed by atoms with Crippen molar-refractivity contribution >= 4 is 5.97 Å². The molecule has 0 spiro atoms. The topological polar surface area (TPSA) is 26.3 Å². The lowest BCUT2D eigenvalue weighted by atomic mass is 9.79. The molecule has 1 rings (SSSR count). The Balaban J connectivity index is 2.00. The van der Waals surface area contributed by atoms with Crippen LogP contribution >= 0.6 is 0 Å². The molecule has 0 atom stereocenters. The molecule has 0 saturated heterocycles. The first-order chi connectivity index (χ1) is 7.39. The summed E-state index contributed by atoms with van der Waals surface area (Å²) >= 11 is 0. The zero-order chi connectivity index (χ0) is 12.2. The summed E-state index contributed by atoms with van der Waals surface area (Å²) in [6.45, 7) is 4.64. The molecule has 0 aliphatic heterocycles. The van der Waals surface area contributed by atoms with Gasteiger partial charge < -0.3 is 4.74 Å². The second-order valence-corrected chi connectivity index (χ2v) is 5.09. The average molecular weight is 234 g/mol. The molecular formula is C12H20F2O2. The van der Waals surface area contributed by atoms with E-state index in [1.54, 1.807) is 0 Å². The third-order valence-electron chi connectivity index (χ3n) is 2.82. The van der Waals surface area contributed by atoms with Crippen molar-refractivity contribution in [3.8, 4) is 0 Å². The number of halogens is 2. The maximum atomic E-state index is 12.5. The number of rotatable bonds is 6. The maximum absolute atomic E-state index is 12.5. The highest BCUT2D eigenvalue weighted by Crippen LogP contribution is 2.44. The molecule has 0 aromatic carbocycles. The zero-order valence-electron chi connectivity index (χ0n) is 9.97. The van der Waals surface area contributed by atoms with Gasteiger partial charge in [0.1, 0.15) is 0 Å². The molecule has 0 amide bonds. The van der Waals surface area contributed by atoms with Crippen LogP contribution in [-0.2, 0) is 9.53 Å². The van der Waals surface area contributed by atoms with Crippen molar-refractivity contribution in [1.82, 2.24) is 0 Å². The minimum absolute atomic E-state index is 0.150. The predicted octanol–water partition coefficient (Wildman–Crippen LogP) is 3.40. The summed E-state index contributed by atoms with van der Waals surface area (Å²) in [5.74, 6) is -2.44. The van der Waals surface area contributed by atoms with Crippen LogP contribution < -0.4 is 0 Å². The molecule has 0 aromatic heterocycles. The van der Waals surface area contributed by atoms with E-state index in [4.69, 9.17) is 4.74 Å². The molecule has 1 fully saturated rings. The van der Waals surface area contributed by atoms with Gasteiger partial charge in [-0.3, -0.25) is 4.79 Å². The Morgan fingerprint density at radius 1 is 1.44 bits per heavy atom. The Labute approximate surface area is 95.4 Å². The number of hydrogen-bond donors (Lipinski definition) is 0. The van der Waals surface area contributed by atoms with Crippen molar-refractivity contribution in [2.75, 3.05) is 6.61 Å². The average Bonchev–Trinajstić information content (AvgIpc) is 2.09. The number of carbonyl (C=O) groups is 1. The van der Waals surface area contributed by atoms with Crippen LogP contribution in [-0.4, -0.2) is 18.5 Å². The summed E-state index contributed by atoms with van der Waals surface area (Å²) in [6, 6.07) is 0.